The van der Waals surface area contributed by atoms with Crippen LogP contribution in [0, 0.1) is 0 Å². The monoisotopic (exact) mass is 164 g/mol. The zero-order valence-corrected chi connectivity index (χ0v) is 4.86. The van der Waals surface area contributed by atoms with Crippen molar-refractivity contribution in [2.75, 3.05) is 0 Å². The molecule has 0 bridgehead atoms. The van der Waals surface area contributed by atoms with Gasteiger partial charge in [-0.25, -0.2) is 0 Å². The van der Waals surface area contributed by atoms with E-state index in [1.54, 1.807) is 0 Å². The minimum atomic E-state index is -4.87. The summed E-state index contributed by atoms with van der Waals surface area (Å²) in [5.41, 5.74) is 0. The topological polar surface area (TPSA) is 72.4 Å². The van der Waals surface area contributed by atoms with E-state index in [-0.39, 0.29) is 16.5 Å². The van der Waals surface area contributed by atoms with E-state index >= 15 is 0 Å². The first kappa shape index (κ1) is 10.6. The van der Waals surface area contributed by atoms with Gasteiger partial charge in [-0.15, -0.1) is 0 Å². The summed E-state index contributed by atoms with van der Waals surface area (Å²) in [7, 11) is -0.951. The van der Waals surface area contributed by atoms with Gasteiger partial charge in [0.05, 0.1) is 0 Å². The summed E-state index contributed by atoms with van der Waals surface area (Å²) in [6, 6.07) is 0. The van der Waals surface area contributed by atoms with Gasteiger partial charge in [0.1, 0.15) is 0 Å². The molecule has 0 aliphatic heterocycles. The predicted molar refractivity (Wildman–Crippen MR) is 14.4 cm³/mol. The molecule has 4 nitrogen and oxygen atoms in total. The molecular formula is BNiO4P. The Bertz CT molecular complexity index is 75.8. The molecule has 0 aromatic heterocycles. The van der Waals surface area contributed by atoms with Gasteiger partial charge >= 0.3 is 16.5 Å². The third-order valence-corrected chi connectivity index (χ3v) is 0.387. The van der Waals surface area contributed by atoms with Crippen LogP contribution in [0.2, 0.25) is 0 Å². The maximum absolute atomic E-state index is 9.12. The summed E-state index contributed by atoms with van der Waals surface area (Å²) in [6.45, 7) is 0. The van der Waals surface area contributed by atoms with Gasteiger partial charge in [-0.05, 0) is 0 Å². The zero-order chi connectivity index (χ0) is 5.21. The van der Waals surface area contributed by atoms with E-state index in [2.05, 4.69) is 12.5 Å². The maximum Gasteiger partial charge on any atom is 2.00 e. The van der Waals surface area contributed by atoms with Gasteiger partial charge in [0.25, 0.3) is 8.05 Å². The van der Waals surface area contributed by atoms with Crippen LogP contribution in [0.4, 0.5) is 0 Å². The molecule has 0 spiro atoms. The van der Waals surface area contributed by atoms with E-state index in [1.165, 1.54) is 0 Å². The van der Waals surface area contributed by atoms with E-state index in [9.17, 15) is 0 Å². The predicted octanol–water partition coefficient (Wildman–Crippen LogP) is -2.09. The summed E-state index contributed by atoms with van der Waals surface area (Å²) in [5, 5.41) is 0. The molecule has 7 heavy (non-hydrogen) atoms. The van der Waals surface area contributed by atoms with Crippen LogP contribution in [0.3, 0.4) is 0 Å². The largest absolute Gasteiger partial charge is 2.00 e. The Hall–Kier alpha value is 0.668. The molecule has 0 saturated heterocycles. The van der Waals surface area contributed by atoms with Gasteiger partial charge in [-0.2, -0.15) is 0 Å². The molecule has 2 radical (unpaired) electrons. The number of hydrogen-bond donors (Lipinski definition) is 0. The van der Waals surface area contributed by atoms with E-state index in [0.29, 0.717) is 0 Å². The van der Waals surface area contributed by atoms with Gasteiger partial charge in [0.2, 0.25) is 0 Å². The van der Waals surface area contributed by atoms with E-state index < -0.39 is 7.82 Å². The number of hydrogen-bond acceptors (Lipinski definition) is 4. The number of phosphoric acid groups is 1. The average molecular weight is 164 g/mol. The van der Waals surface area contributed by atoms with Crippen molar-refractivity contribution < 1.29 is 35.3 Å². The summed E-state index contributed by atoms with van der Waals surface area (Å²) < 4.78 is 12.0. The van der Waals surface area contributed by atoms with Gasteiger partial charge in [0, 0.05) is 7.82 Å². The molecule has 0 amide bonds. The molecule has 0 fully saturated rings. The first-order valence-electron chi connectivity index (χ1n) is 0.966. The Balaban J connectivity index is 0. The van der Waals surface area contributed by atoms with Gasteiger partial charge in [0.15, 0.2) is 0 Å². The molecule has 0 aliphatic carbocycles. The third-order valence-electron chi connectivity index (χ3n) is 0.129. The zero-order valence-electron chi connectivity index (χ0n) is 2.97. The fraction of sp³-hybridized carbons (Fsp3) is 0. The minimum absolute atomic E-state index is 0. The summed E-state index contributed by atoms with van der Waals surface area (Å²) in [5.74, 6) is 0. The standard InChI is InChI=1S/BH2O4P.Ni/c1-5-6(2,3)4;/h(H2,2,3,4);/q;+2/p-2. The van der Waals surface area contributed by atoms with Crippen molar-refractivity contribution in [1.82, 2.24) is 0 Å². The molecule has 0 N–H and O–H groups in total. The van der Waals surface area contributed by atoms with E-state index in [1.807, 2.05) is 0 Å². The molecule has 0 unspecified atom stereocenters. The Labute approximate surface area is 51.9 Å². The minimum Gasteiger partial charge on any atom is -0.791 e. The van der Waals surface area contributed by atoms with Crippen LogP contribution < -0.4 is 9.79 Å². The molecule has 0 saturated carbocycles. The molecule has 0 rings (SSSR count). The average Bonchev–Trinajstić information content (AvgIpc) is 1.35. The van der Waals surface area contributed by atoms with Crippen molar-refractivity contribution in [1.29, 1.82) is 0 Å². The summed E-state index contributed by atoms with van der Waals surface area (Å²) in [6.07, 6.45) is 0. The smallest absolute Gasteiger partial charge is 0.791 e. The van der Waals surface area contributed by atoms with Gasteiger partial charge in [-0.3, -0.25) is 0 Å². The second kappa shape index (κ2) is 3.64. The Morgan fingerprint density at radius 2 is 1.71 bits per heavy atom. The summed E-state index contributed by atoms with van der Waals surface area (Å²) >= 11 is 0. The van der Waals surface area contributed by atoms with Crippen LogP contribution in [0.1, 0.15) is 0 Å². The van der Waals surface area contributed by atoms with E-state index in [4.69, 9.17) is 14.4 Å². The van der Waals surface area contributed by atoms with Crippen LogP contribution in [-0.2, 0) is 25.5 Å². The molecule has 0 aromatic rings. The molecule has 0 atom stereocenters. The maximum atomic E-state index is 9.12. The fourth-order valence-corrected chi connectivity index (χ4v) is 0. The first-order chi connectivity index (χ1) is 2.56. The van der Waals surface area contributed by atoms with Crippen molar-refractivity contribution in [3.05, 3.63) is 0 Å². The van der Waals surface area contributed by atoms with Crippen molar-refractivity contribution in [2.24, 2.45) is 0 Å². The van der Waals surface area contributed by atoms with Crippen molar-refractivity contribution in [2.45, 2.75) is 0 Å². The van der Waals surface area contributed by atoms with Crippen molar-refractivity contribution >= 4 is 15.9 Å². The SMILES string of the molecule is [B]OP(=O)([O-])[O-].[Ni+2]. The first-order valence-corrected chi connectivity index (χ1v) is 2.43. The van der Waals surface area contributed by atoms with Crippen LogP contribution in [0.5, 0.6) is 0 Å². The van der Waals surface area contributed by atoms with Crippen LogP contribution >= 0.6 is 7.82 Å². The fourth-order valence-electron chi connectivity index (χ4n) is 0. The van der Waals surface area contributed by atoms with Crippen molar-refractivity contribution in [3.8, 4) is 0 Å². The Kier molecular flexibility index (Phi) is 5.52. The van der Waals surface area contributed by atoms with Crippen LogP contribution in [0.25, 0.3) is 0 Å². The quantitative estimate of drug-likeness (QED) is 0.329. The van der Waals surface area contributed by atoms with E-state index in [0.717, 1.165) is 0 Å². The normalized spacial score (nSPS) is 10.0. The molecule has 0 aliphatic rings. The second-order valence-electron chi connectivity index (χ2n) is 0.553. The number of rotatable bonds is 1. The third kappa shape index (κ3) is 10.8. The summed E-state index contributed by atoms with van der Waals surface area (Å²) in [4.78, 5) is 18.2. The van der Waals surface area contributed by atoms with Crippen LogP contribution in [-0.4, -0.2) is 8.05 Å². The Morgan fingerprint density at radius 3 is 1.71 bits per heavy atom. The second-order valence-corrected chi connectivity index (χ2v) is 1.66. The molecule has 7 heteroatoms. The van der Waals surface area contributed by atoms with Gasteiger partial charge < -0.3 is 18.8 Å². The molecule has 0 heterocycles. The molecule has 0 aromatic carbocycles. The van der Waals surface area contributed by atoms with Crippen molar-refractivity contribution in [3.63, 3.8) is 0 Å². The van der Waals surface area contributed by atoms with Gasteiger partial charge in [-0.1, -0.05) is 0 Å². The van der Waals surface area contributed by atoms with Crippen LogP contribution in [0.15, 0.2) is 0 Å². The molecule has 42 valence electrons. The Morgan fingerprint density at radius 1 is 1.57 bits per heavy atom. The molecular weight excluding hydrogens is 164 g/mol.